The zero-order valence-corrected chi connectivity index (χ0v) is 13.4. The van der Waals surface area contributed by atoms with Crippen LogP contribution in [0.5, 0.6) is 0 Å². The van der Waals surface area contributed by atoms with Gasteiger partial charge < -0.3 is 10.6 Å². The Labute approximate surface area is 119 Å². The van der Waals surface area contributed by atoms with Crippen molar-refractivity contribution in [3.63, 3.8) is 0 Å². The molecule has 0 fully saturated rings. The summed E-state index contributed by atoms with van der Waals surface area (Å²) < 4.78 is 0. The minimum atomic E-state index is 0.151. The highest BCUT2D eigenvalue weighted by molar-refractivity contribution is 5.32. The van der Waals surface area contributed by atoms with Gasteiger partial charge in [-0.2, -0.15) is 0 Å². The number of benzene rings is 1. The second kappa shape index (κ2) is 7.06. The Balaban J connectivity index is 2.60. The molecule has 2 heteroatoms. The van der Waals surface area contributed by atoms with Crippen LogP contribution in [0.3, 0.4) is 0 Å². The molecule has 1 aromatic carbocycles. The van der Waals surface area contributed by atoms with E-state index >= 15 is 0 Å². The molecule has 1 rings (SSSR count). The Bertz CT molecular complexity index is 394. The van der Waals surface area contributed by atoms with E-state index < -0.39 is 0 Å². The van der Waals surface area contributed by atoms with Gasteiger partial charge in [0.05, 0.1) is 0 Å². The molecule has 0 unspecified atom stereocenters. The summed E-state index contributed by atoms with van der Waals surface area (Å²) in [5.74, 6) is 0.605. The van der Waals surface area contributed by atoms with E-state index in [1.54, 1.807) is 0 Å². The highest BCUT2D eigenvalue weighted by Gasteiger charge is 2.15. The summed E-state index contributed by atoms with van der Waals surface area (Å²) in [6.45, 7) is 13.2. The van der Waals surface area contributed by atoms with E-state index in [1.807, 2.05) is 7.05 Å². The zero-order chi connectivity index (χ0) is 14.5. The molecule has 0 saturated heterocycles. The van der Waals surface area contributed by atoms with Crippen molar-refractivity contribution in [3.05, 3.63) is 34.9 Å². The molecule has 0 atom stereocenters. The minimum absolute atomic E-state index is 0.151. The molecule has 0 saturated carbocycles. The van der Waals surface area contributed by atoms with Crippen LogP contribution >= 0.6 is 0 Å². The van der Waals surface area contributed by atoms with Crippen molar-refractivity contribution in [1.82, 2.24) is 10.6 Å². The molecule has 108 valence electrons. The van der Waals surface area contributed by atoms with Gasteiger partial charge in [0.15, 0.2) is 0 Å². The van der Waals surface area contributed by atoms with Crippen LogP contribution in [-0.4, -0.2) is 25.7 Å². The Morgan fingerprint density at radius 3 is 2.47 bits per heavy atom. The lowest BCUT2D eigenvalue weighted by molar-refractivity contribution is 0.378. The van der Waals surface area contributed by atoms with Gasteiger partial charge in [-0.3, -0.25) is 0 Å². The van der Waals surface area contributed by atoms with Gasteiger partial charge in [-0.1, -0.05) is 32.0 Å². The summed E-state index contributed by atoms with van der Waals surface area (Å²) in [5.41, 5.74) is 4.46. The number of hydrogen-bond donors (Lipinski definition) is 2. The molecule has 0 amide bonds. The first-order valence-corrected chi connectivity index (χ1v) is 7.35. The average Bonchev–Trinajstić information content (AvgIpc) is 2.30. The molecule has 1 aromatic rings. The van der Waals surface area contributed by atoms with Gasteiger partial charge in [0.1, 0.15) is 0 Å². The zero-order valence-electron chi connectivity index (χ0n) is 13.4. The summed E-state index contributed by atoms with van der Waals surface area (Å²) in [7, 11) is 2.00. The summed E-state index contributed by atoms with van der Waals surface area (Å²) >= 11 is 0. The maximum absolute atomic E-state index is 3.62. The third-order valence-corrected chi connectivity index (χ3v) is 3.66. The average molecular weight is 262 g/mol. The first-order valence-electron chi connectivity index (χ1n) is 7.35. The van der Waals surface area contributed by atoms with E-state index in [0.717, 1.165) is 19.5 Å². The van der Waals surface area contributed by atoms with Crippen molar-refractivity contribution < 1.29 is 0 Å². The van der Waals surface area contributed by atoms with Gasteiger partial charge in [-0.15, -0.1) is 0 Å². The Kier molecular flexibility index (Phi) is 6.02. The first kappa shape index (κ1) is 16.2. The van der Waals surface area contributed by atoms with Crippen LogP contribution in [0, 0.1) is 6.92 Å². The molecule has 0 bridgehead atoms. The molecule has 0 radical (unpaired) electrons. The third-order valence-electron chi connectivity index (χ3n) is 3.66. The van der Waals surface area contributed by atoms with Gasteiger partial charge >= 0.3 is 0 Å². The van der Waals surface area contributed by atoms with Crippen LogP contribution < -0.4 is 10.6 Å². The van der Waals surface area contributed by atoms with E-state index in [4.69, 9.17) is 0 Å². The van der Waals surface area contributed by atoms with E-state index in [1.165, 1.54) is 16.7 Å². The fourth-order valence-corrected chi connectivity index (χ4v) is 2.36. The monoisotopic (exact) mass is 262 g/mol. The summed E-state index contributed by atoms with van der Waals surface area (Å²) in [6, 6.07) is 6.87. The maximum atomic E-state index is 3.62. The minimum Gasteiger partial charge on any atom is -0.318 e. The molecular formula is C17H30N2. The topological polar surface area (TPSA) is 24.1 Å². The largest absolute Gasteiger partial charge is 0.318 e. The fourth-order valence-electron chi connectivity index (χ4n) is 2.36. The normalized spacial score (nSPS) is 12.2. The number of rotatable bonds is 7. The SMILES string of the molecule is CNCC(C)(C)NCCc1cc(C(C)C)ccc1C. The van der Waals surface area contributed by atoms with Gasteiger partial charge in [0.2, 0.25) is 0 Å². The molecule has 2 nitrogen and oxygen atoms in total. The molecule has 0 aliphatic rings. The predicted molar refractivity (Wildman–Crippen MR) is 85.0 cm³/mol. The Morgan fingerprint density at radius 2 is 1.89 bits per heavy atom. The lowest BCUT2D eigenvalue weighted by Crippen LogP contribution is -2.47. The van der Waals surface area contributed by atoms with Gasteiger partial charge in [-0.25, -0.2) is 0 Å². The third kappa shape index (κ3) is 5.33. The van der Waals surface area contributed by atoms with Crippen LogP contribution in [0.1, 0.15) is 50.3 Å². The van der Waals surface area contributed by atoms with Crippen molar-refractivity contribution in [2.75, 3.05) is 20.1 Å². The standard InChI is InChI=1S/C17H30N2/c1-13(2)15-8-7-14(3)16(11-15)9-10-19-17(4,5)12-18-6/h7-8,11,13,18-19H,9-10,12H2,1-6H3. The predicted octanol–water partition coefficient (Wildman–Crippen LogP) is 3.25. The number of aryl methyl sites for hydroxylation is 1. The maximum Gasteiger partial charge on any atom is 0.0249 e. The van der Waals surface area contributed by atoms with Crippen molar-refractivity contribution in [1.29, 1.82) is 0 Å². The van der Waals surface area contributed by atoms with E-state index in [2.05, 4.69) is 63.5 Å². The summed E-state index contributed by atoms with van der Waals surface area (Å²) in [5, 5.41) is 6.85. The van der Waals surface area contributed by atoms with Crippen LogP contribution in [-0.2, 0) is 6.42 Å². The van der Waals surface area contributed by atoms with Crippen molar-refractivity contribution in [2.24, 2.45) is 0 Å². The van der Waals surface area contributed by atoms with Crippen molar-refractivity contribution >= 4 is 0 Å². The Hall–Kier alpha value is -0.860. The summed E-state index contributed by atoms with van der Waals surface area (Å²) in [6.07, 6.45) is 1.10. The number of nitrogens with one attached hydrogen (secondary N) is 2. The lowest BCUT2D eigenvalue weighted by atomic mass is 9.96. The molecule has 0 aliphatic heterocycles. The number of likely N-dealkylation sites (N-methyl/N-ethyl adjacent to an activating group) is 1. The highest BCUT2D eigenvalue weighted by Crippen LogP contribution is 2.19. The van der Waals surface area contributed by atoms with Crippen molar-refractivity contribution in [3.8, 4) is 0 Å². The van der Waals surface area contributed by atoms with E-state index in [-0.39, 0.29) is 5.54 Å². The van der Waals surface area contributed by atoms with E-state index in [0.29, 0.717) is 5.92 Å². The van der Waals surface area contributed by atoms with Crippen molar-refractivity contribution in [2.45, 2.75) is 52.5 Å². The van der Waals surface area contributed by atoms with Crippen LogP contribution in [0.2, 0.25) is 0 Å². The summed E-state index contributed by atoms with van der Waals surface area (Å²) in [4.78, 5) is 0. The molecule has 0 aliphatic carbocycles. The molecular weight excluding hydrogens is 232 g/mol. The Morgan fingerprint density at radius 1 is 1.21 bits per heavy atom. The van der Waals surface area contributed by atoms with Gasteiger partial charge in [0, 0.05) is 12.1 Å². The number of hydrogen-bond acceptors (Lipinski definition) is 2. The highest BCUT2D eigenvalue weighted by atomic mass is 15.0. The first-order chi connectivity index (χ1) is 8.85. The van der Waals surface area contributed by atoms with Gasteiger partial charge in [0.25, 0.3) is 0 Å². The molecule has 0 spiro atoms. The smallest absolute Gasteiger partial charge is 0.0249 e. The molecule has 0 heterocycles. The van der Waals surface area contributed by atoms with Crippen LogP contribution in [0.4, 0.5) is 0 Å². The van der Waals surface area contributed by atoms with Crippen LogP contribution in [0.15, 0.2) is 18.2 Å². The lowest BCUT2D eigenvalue weighted by Gasteiger charge is -2.26. The second-order valence-electron chi connectivity index (χ2n) is 6.43. The molecule has 2 N–H and O–H groups in total. The molecule has 0 aromatic heterocycles. The van der Waals surface area contributed by atoms with Gasteiger partial charge in [-0.05, 0) is 63.4 Å². The molecule has 19 heavy (non-hydrogen) atoms. The quantitative estimate of drug-likeness (QED) is 0.788. The van der Waals surface area contributed by atoms with E-state index in [9.17, 15) is 0 Å². The van der Waals surface area contributed by atoms with Crippen LogP contribution in [0.25, 0.3) is 0 Å². The fraction of sp³-hybridized carbons (Fsp3) is 0.647. The second-order valence-corrected chi connectivity index (χ2v) is 6.43.